The number of halogens is 2. The lowest BCUT2D eigenvalue weighted by Gasteiger charge is -2.40. The van der Waals surface area contributed by atoms with Gasteiger partial charge in [-0.05, 0) is 45.1 Å². The van der Waals surface area contributed by atoms with E-state index < -0.39 is 22.2 Å². The summed E-state index contributed by atoms with van der Waals surface area (Å²) < 4.78 is 54.7. The third kappa shape index (κ3) is 4.59. The molecule has 0 amide bonds. The highest BCUT2D eigenvalue weighted by atomic mass is 32.2. The maximum absolute atomic E-state index is 13.5. The molecule has 1 aliphatic carbocycles. The summed E-state index contributed by atoms with van der Waals surface area (Å²) in [5, 5.41) is 14.1. The molecule has 0 unspecified atom stereocenters. The van der Waals surface area contributed by atoms with E-state index in [1.165, 1.54) is 23.6 Å². The number of fused-ring (bicyclic) bond motifs is 1. The van der Waals surface area contributed by atoms with Gasteiger partial charge in [-0.25, -0.2) is 18.5 Å². The van der Waals surface area contributed by atoms with E-state index >= 15 is 0 Å². The van der Waals surface area contributed by atoms with Crippen molar-refractivity contribution in [2.75, 3.05) is 36.9 Å². The van der Waals surface area contributed by atoms with Crippen LogP contribution in [0.25, 0.3) is 6.08 Å². The van der Waals surface area contributed by atoms with Crippen LogP contribution in [0.4, 0.5) is 20.5 Å². The van der Waals surface area contributed by atoms with E-state index in [1.54, 1.807) is 11.8 Å². The first-order chi connectivity index (χ1) is 15.1. The minimum atomic E-state index is -3.44. The Labute approximate surface area is 187 Å². The largest absolute Gasteiger partial charge is 0.388 e. The summed E-state index contributed by atoms with van der Waals surface area (Å²) in [6.45, 7) is 2.52. The van der Waals surface area contributed by atoms with E-state index in [4.69, 9.17) is 0 Å². The second-order valence-corrected chi connectivity index (χ2v) is 10.8. The number of nitrogens with one attached hydrogen (secondary N) is 2. The molecule has 0 spiro atoms. The number of aromatic nitrogens is 2. The van der Waals surface area contributed by atoms with Crippen LogP contribution in [0.5, 0.6) is 0 Å². The lowest BCUT2D eigenvalue weighted by molar-refractivity contribution is 0.0484. The van der Waals surface area contributed by atoms with Crippen molar-refractivity contribution in [3.05, 3.63) is 17.3 Å². The molecule has 2 fully saturated rings. The van der Waals surface area contributed by atoms with Crippen molar-refractivity contribution in [2.45, 2.75) is 63.1 Å². The monoisotopic (exact) mass is 472 g/mol. The average Bonchev–Trinajstić information content (AvgIpc) is 3.12. The molecule has 1 aromatic rings. The van der Waals surface area contributed by atoms with Crippen LogP contribution in [0.1, 0.15) is 44.6 Å². The maximum Gasteiger partial charge on any atom is 0.279 e. The molecule has 0 aromatic carbocycles. The standard InChI is InChI=1S/C20H30F2N6O3S/c1-20(29)7-3-4-16(20)28-12-14(17(21)22)10-13-11-24-19(26-18(13)28)25-15-5-8-27(9-6-15)32(30,31)23-2/h10-11,15-17,23,29H,3-9,12H2,1-2H3,(H,24,25,26)/t16-,20-/m1/s1. The SMILES string of the molecule is CNS(=O)(=O)N1CCC(Nc2ncc3c(n2)N([C@@H]2CCC[C@@]2(C)O)CC(C(F)F)=C3)CC1. The van der Waals surface area contributed by atoms with Crippen LogP contribution in [0.3, 0.4) is 0 Å². The Hall–Kier alpha value is -1.89. The molecule has 9 nitrogen and oxygen atoms in total. The van der Waals surface area contributed by atoms with E-state index in [9.17, 15) is 22.3 Å². The average molecular weight is 473 g/mol. The molecule has 1 saturated heterocycles. The topological polar surface area (TPSA) is 111 Å². The lowest BCUT2D eigenvalue weighted by atomic mass is 9.96. The molecule has 3 heterocycles. The number of aliphatic hydroxyl groups is 1. The van der Waals surface area contributed by atoms with Crippen molar-refractivity contribution in [2.24, 2.45) is 0 Å². The first-order valence-corrected chi connectivity index (χ1v) is 12.3. The minimum Gasteiger partial charge on any atom is -0.388 e. The highest BCUT2D eigenvalue weighted by Crippen LogP contribution is 2.40. The van der Waals surface area contributed by atoms with Crippen molar-refractivity contribution in [1.82, 2.24) is 19.0 Å². The predicted octanol–water partition coefficient (Wildman–Crippen LogP) is 1.59. The Morgan fingerprint density at radius 2 is 2.00 bits per heavy atom. The predicted molar refractivity (Wildman–Crippen MR) is 118 cm³/mol. The highest BCUT2D eigenvalue weighted by molar-refractivity contribution is 7.87. The van der Waals surface area contributed by atoms with E-state index in [2.05, 4.69) is 20.0 Å². The molecule has 32 heavy (non-hydrogen) atoms. The summed E-state index contributed by atoms with van der Waals surface area (Å²) in [6.07, 6.45) is 3.70. The molecule has 178 valence electrons. The number of anilines is 2. The number of alkyl halides is 2. The normalized spacial score (nSPS) is 27.5. The third-order valence-corrected chi connectivity index (χ3v) is 8.24. The molecule has 2 aliphatic heterocycles. The van der Waals surface area contributed by atoms with Crippen LogP contribution in [0.2, 0.25) is 0 Å². The van der Waals surface area contributed by atoms with Crippen molar-refractivity contribution in [3.63, 3.8) is 0 Å². The lowest BCUT2D eigenvalue weighted by Crippen LogP contribution is -2.50. The van der Waals surface area contributed by atoms with Crippen LogP contribution in [0, 0.1) is 0 Å². The minimum absolute atomic E-state index is 0.00449. The fourth-order valence-corrected chi connectivity index (χ4v) is 5.81. The van der Waals surface area contributed by atoms with Gasteiger partial charge >= 0.3 is 0 Å². The number of rotatable bonds is 6. The number of hydrogen-bond acceptors (Lipinski definition) is 7. The van der Waals surface area contributed by atoms with Crippen LogP contribution in [-0.4, -0.2) is 78.6 Å². The summed E-state index contributed by atoms with van der Waals surface area (Å²) in [5.41, 5.74) is -0.483. The van der Waals surface area contributed by atoms with E-state index in [-0.39, 0.29) is 24.2 Å². The Morgan fingerprint density at radius 3 is 2.59 bits per heavy atom. The summed E-state index contributed by atoms with van der Waals surface area (Å²) >= 11 is 0. The van der Waals surface area contributed by atoms with Crippen molar-refractivity contribution < 1.29 is 22.3 Å². The van der Waals surface area contributed by atoms with Gasteiger partial charge in [-0.3, -0.25) is 0 Å². The van der Waals surface area contributed by atoms with Gasteiger partial charge in [0.05, 0.1) is 11.6 Å². The molecule has 3 N–H and O–H groups in total. The second-order valence-electron chi connectivity index (χ2n) is 8.91. The molecule has 0 bridgehead atoms. The smallest absolute Gasteiger partial charge is 0.279 e. The van der Waals surface area contributed by atoms with E-state index in [1.807, 2.05) is 0 Å². The van der Waals surface area contributed by atoms with Gasteiger partial charge in [-0.15, -0.1) is 0 Å². The molecule has 2 atom stereocenters. The number of hydrogen-bond donors (Lipinski definition) is 3. The van der Waals surface area contributed by atoms with Gasteiger partial charge in [-0.1, -0.05) is 0 Å². The Kier molecular flexibility index (Phi) is 6.40. The summed E-state index contributed by atoms with van der Waals surface area (Å²) in [7, 11) is -2.05. The van der Waals surface area contributed by atoms with Gasteiger partial charge in [0.2, 0.25) is 5.95 Å². The van der Waals surface area contributed by atoms with Crippen molar-refractivity contribution in [1.29, 1.82) is 0 Å². The van der Waals surface area contributed by atoms with Gasteiger partial charge in [0.1, 0.15) is 5.82 Å². The first kappa shape index (κ1) is 23.3. The molecule has 4 rings (SSSR count). The zero-order valence-electron chi connectivity index (χ0n) is 18.3. The highest BCUT2D eigenvalue weighted by Gasteiger charge is 2.43. The van der Waals surface area contributed by atoms with Crippen LogP contribution >= 0.6 is 0 Å². The Bertz CT molecular complexity index is 980. The number of nitrogens with zero attached hydrogens (tertiary/aromatic N) is 4. The van der Waals surface area contributed by atoms with Crippen molar-refractivity contribution in [3.8, 4) is 0 Å². The zero-order chi connectivity index (χ0) is 23.1. The van der Waals surface area contributed by atoms with Gasteiger partial charge in [-0.2, -0.15) is 17.7 Å². The van der Waals surface area contributed by atoms with Gasteiger partial charge < -0.3 is 15.3 Å². The van der Waals surface area contributed by atoms with Crippen molar-refractivity contribution >= 4 is 28.1 Å². The van der Waals surface area contributed by atoms with Gasteiger partial charge in [0.15, 0.2) is 0 Å². The fraction of sp³-hybridized carbons (Fsp3) is 0.700. The molecule has 3 aliphatic rings. The molecule has 1 aromatic heterocycles. The van der Waals surface area contributed by atoms with E-state index in [0.717, 1.165) is 6.42 Å². The van der Waals surface area contributed by atoms with Gasteiger partial charge in [0, 0.05) is 50.1 Å². The summed E-state index contributed by atoms with van der Waals surface area (Å²) in [6, 6.07) is -0.309. The first-order valence-electron chi connectivity index (χ1n) is 10.9. The molecule has 0 radical (unpaired) electrons. The van der Waals surface area contributed by atoms with Crippen LogP contribution in [0.15, 0.2) is 11.8 Å². The Balaban J connectivity index is 1.54. The fourth-order valence-electron chi connectivity index (χ4n) is 4.86. The van der Waals surface area contributed by atoms with Crippen LogP contribution in [-0.2, 0) is 10.2 Å². The summed E-state index contributed by atoms with van der Waals surface area (Å²) in [5.74, 6) is 0.907. The number of piperidine rings is 1. The van der Waals surface area contributed by atoms with E-state index in [0.29, 0.717) is 56.1 Å². The molecule has 1 saturated carbocycles. The van der Waals surface area contributed by atoms with Crippen LogP contribution < -0.4 is 14.9 Å². The van der Waals surface area contributed by atoms with Gasteiger partial charge in [0.25, 0.3) is 16.6 Å². The quantitative estimate of drug-likeness (QED) is 0.577. The second kappa shape index (κ2) is 8.81. The maximum atomic E-state index is 13.5. The Morgan fingerprint density at radius 1 is 1.28 bits per heavy atom. The molecule has 12 heteroatoms. The third-order valence-electron chi connectivity index (χ3n) is 6.68. The molecular formula is C20H30F2N6O3S. The molecular weight excluding hydrogens is 442 g/mol. The zero-order valence-corrected chi connectivity index (χ0v) is 19.1. The summed E-state index contributed by atoms with van der Waals surface area (Å²) in [4.78, 5) is 10.7.